The number of esters is 1. The number of nitrogens with zero attached hydrogens (tertiary/aromatic N) is 1. The highest BCUT2D eigenvalue weighted by Crippen LogP contribution is 2.23. The highest BCUT2D eigenvalue weighted by atomic mass is 32.1. The molecule has 0 saturated carbocycles. The van der Waals surface area contributed by atoms with Gasteiger partial charge in [0, 0.05) is 22.8 Å². The molecule has 19 heavy (non-hydrogen) atoms. The zero-order chi connectivity index (χ0) is 13.7. The van der Waals surface area contributed by atoms with Crippen molar-refractivity contribution in [2.75, 3.05) is 19.7 Å². The van der Waals surface area contributed by atoms with Crippen molar-refractivity contribution in [2.45, 2.75) is 39.7 Å². The van der Waals surface area contributed by atoms with Gasteiger partial charge in [0.2, 0.25) is 0 Å². The van der Waals surface area contributed by atoms with E-state index in [0.717, 1.165) is 38.9 Å². The number of ether oxygens (including phenoxy) is 1. The fourth-order valence-electron chi connectivity index (χ4n) is 2.57. The Morgan fingerprint density at radius 1 is 1.42 bits per heavy atom. The van der Waals surface area contributed by atoms with Gasteiger partial charge in [0.1, 0.15) is 0 Å². The van der Waals surface area contributed by atoms with Gasteiger partial charge in [-0.3, -0.25) is 9.69 Å². The average molecular weight is 281 g/mol. The lowest BCUT2D eigenvalue weighted by atomic mass is 9.98. The fraction of sp³-hybridized carbons (Fsp3) is 0.667. The lowest BCUT2D eigenvalue weighted by molar-refractivity contribution is -0.150. The smallest absolute Gasteiger partial charge is 0.310 e. The molecule has 1 aliphatic rings. The Morgan fingerprint density at radius 2 is 2.21 bits per heavy atom. The van der Waals surface area contributed by atoms with Crippen LogP contribution in [0.5, 0.6) is 0 Å². The van der Waals surface area contributed by atoms with E-state index in [1.165, 1.54) is 9.75 Å². The van der Waals surface area contributed by atoms with Crippen molar-refractivity contribution >= 4 is 17.3 Å². The van der Waals surface area contributed by atoms with Gasteiger partial charge in [0.25, 0.3) is 0 Å². The summed E-state index contributed by atoms with van der Waals surface area (Å²) < 4.78 is 5.14. The Balaban J connectivity index is 1.88. The second kappa shape index (κ2) is 7.06. The van der Waals surface area contributed by atoms with Gasteiger partial charge in [-0.25, -0.2) is 0 Å². The molecule has 0 aromatic carbocycles. The summed E-state index contributed by atoms with van der Waals surface area (Å²) >= 11 is 1.89. The monoisotopic (exact) mass is 281 g/mol. The highest BCUT2D eigenvalue weighted by Gasteiger charge is 2.26. The Kier molecular flexibility index (Phi) is 5.40. The lowest BCUT2D eigenvalue weighted by Crippen LogP contribution is -2.38. The largest absolute Gasteiger partial charge is 0.466 e. The molecule has 0 N–H and O–H groups in total. The van der Waals surface area contributed by atoms with Crippen LogP contribution in [0.15, 0.2) is 12.1 Å². The molecule has 1 saturated heterocycles. The zero-order valence-corrected chi connectivity index (χ0v) is 12.7. The average Bonchev–Trinajstić information content (AvgIpc) is 2.87. The topological polar surface area (TPSA) is 29.5 Å². The second-order valence-corrected chi connectivity index (χ2v) is 6.30. The number of hydrogen-bond donors (Lipinski definition) is 0. The van der Waals surface area contributed by atoms with Crippen LogP contribution in [0.4, 0.5) is 0 Å². The van der Waals surface area contributed by atoms with Crippen LogP contribution in [0.25, 0.3) is 0 Å². The third-order valence-corrected chi connectivity index (χ3v) is 4.78. The highest BCUT2D eigenvalue weighted by molar-refractivity contribution is 7.11. The predicted molar refractivity (Wildman–Crippen MR) is 78.3 cm³/mol. The molecule has 2 rings (SSSR count). The summed E-state index contributed by atoms with van der Waals surface area (Å²) in [7, 11) is 0. The maximum atomic E-state index is 11.8. The molecule has 1 atom stereocenters. The Morgan fingerprint density at radius 3 is 2.89 bits per heavy atom. The van der Waals surface area contributed by atoms with E-state index in [1.54, 1.807) is 0 Å². The molecule has 1 aromatic rings. The van der Waals surface area contributed by atoms with Crippen LogP contribution in [0.1, 0.15) is 36.4 Å². The third kappa shape index (κ3) is 4.05. The SMILES string of the molecule is CCOC(=O)[C@H]1CCCN(Cc2ccc(CC)s2)C1. The molecule has 1 aliphatic heterocycles. The summed E-state index contributed by atoms with van der Waals surface area (Å²) in [5.41, 5.74) is 0. The van der Waals surface area contributed by atoms with Crippen molar-refractivity contribution in [3.63, 3.8) is 0 Å². The second-order valence-electron chi connectivity index (χ2n) is 5.05. The van der Waals surface area contributed by atoms with Crippen LogP contribution in [0.2, 0.25) is 0 Å². The number of aryl methyl sites for hydroxylation is 1. The van der Waals surface area contributed by atoms with E-state index in [9.17, 15) is 4.79 Å². The van der Waals surface area contributed by atoms with E-state index in [-0.39, 0.29) is 11.9 Å². The standard InChI is InChI=1S/C15H23NO2S/c1-3-13-7-8-14(19-13)11-16-9-5-6-12(10-16)15(17)18-4-2/h7-8,12H,3-6,9-11H2,1-2H3/t12-/m0/s1. The summed E-state index contributed by atoms with van der Waals surface area (Å²) in [5.74, 6) is 0.0481. The molecule has 4 heteroatoms. The summed E-state index contributed by atoms with van der Waals surface area (Å²) in [6, 6.07) is 4.43. The Labute approximate surface area is 119 Å². The molecule has 0 radical (unpaired) electrons. The Hall–Kier alpha value is -0.870. The molecular formula is C15H23NO2S. The molecule has 0 amide bonds. The molecular weight excluding hydrogens is 258 g/mol. The predicted octanol–water partition coefficient (Wildman–Crippen LogP) is 3.09. The van der Waals surface area contributed by atoms with Crippen molar-refractivity contribution < 1.29 is 9.53 Å². The van der Waals surface area contributed by atoms with E-state index < -0.39 is 0 Å². The van der Waals surface area contributed by atoms with Gasteiger partial charge in [-0.2, -0.15) is 0 Å². The van der Waals surface area contributed by atoms with Crippen LogP contribution >= 0.6 is 11.3 Å². The lowest BCUT2D eigenvalue weighted by Gasteiger charge is -2.31. The van der Waals surface area contributed by atoms with Crippen LogP contribution in [-0.2, 0) is 22.5 Å². The van der Waals surface area contributed by atoms with Crippen LogP contribution in [0.3, 0.4) is 0 Å². The van der Waals surface area contributed by atoms with Gasteiger partial charge < -0.3 is 4.74 Å². The van der Waals surface area contributed by atoms with Gasteiger partial charge in [-0.1, -0.05) is 6.92 Å². The van der Waals surface area contributed by atoms with Gasteiger partial charge in [0.05, 0.1) is 12.5 Å². The first kappa shape index (κ1) is 14.5. The van der Waals surface area contributed by atoms with E-state index >= 15 is 0 Å². The van der Waals surface area contributed by atoms with Crippen molar-refractivity contribution in [3.05, 3.63) is 21.9 Å². The number of rotatable bonds is 5. The summed E-state index contributed by atoms with van der Waals surface area (Å²) in [6.07, 6.45) is 3.17. The molecule has 0 spiro atoms. The van der Waals surface area contributed by atoms with Gasteiger partial charge >= 0.3 is 5.97 Å². The molecule has 106 valence electrons. The van der Waals surface area contributed by atoms with E-state index in [0.29, 0.717) is 6.61 Å². The van der Waals surface area contributed by atoms with Crippen molar-refractivity contribution in [1.82, 2.24) is 4.90 Å². The van der Waals surface area contributed by atoms with Gasteiger partial charge in [-0.05, 0) is 44.9 Å². The molecule has 1 aromatic heterocycles. The zero-order valence-electron chi connectivity index (χ0n) is 11.9. The number of hydrogen-bond acceptors (Lipinski definition) is 4. The van der Waals surface area contributed by atoms with Crippen LogP contribution in [0, 0.1) is 5.92 Å². The first-order chi connectivity index (χ1) is 9.22. The first-order valence-corrected chi connectivity index (χ1v) is 8.01. The maximum absolute atomic E-state index is 11.8. The third-order valence-electron chi connectivity index (χ3n) is 3.57. The molecule has 2 heterocycles. The number of likely N-dealkylation sites (tertiary alicyclic amines) is 1. The Bertz CT molecular complexity index is 416. The minimum Gasteiger partial charge on any atom is -0.466 e. The molecule has 1 fully saturated rings. The first-order valence-electron chi connectivity index (χ1n) is 7.19. The van der Waals surface area contributed by atoms with Crippen LogP contribution in [-0.4, -0.2) is 30.6 Å². The number of carbonyl (C=O) groups excluding carboxylic acids is 1. The fourth-order valence-corrected chi connectivity index (χ4v) is 3.57. The van der Waals surface area contributed by atoms with Gasteiger partial charge in [-0.15, -0.1) is 11.3 Å². The molecule has 0 unspecified atom stereocenters. The molecule has 0 bridgehead atoms. The van der Waals surface area contributed by atoms with Crippen LogP contribution < -0.4 is 0 Å². The van der Waals surface area contributed by atoms with Crippen molar-refractivity contribution in [2.24, 2.45) is 5.92 Å². The summed E-state index contributed by atoms with van der Waals surface area (Å²) in [4.78, 5) is 17.0. The van der Waals surface area contributed by atoms with Crippen molar-refractivity contribution in [3.8, 4) is 0 Å². The minimum atomic E-state index is -0.0207. The van der Waals surface area contributed by atoms with E-state index in [1.807, 2.05) is 18.3 Å². The number of piperidine rings is 1. The number of carbonyl (C=O) groups is 1. The normalized spacial score (nSPS) is 20.4. The number of thiophene rings is 1. The maximum Gasteiger partial charge on any atom is 0.310 e. The molecule has 3 nitrogen and oxygen atoms in total. The minimum absolute atomic E-state index is 0.0207. The molecule has 0 aliphatic carbocycles. The quantitative estimate of drug-likeness (QED) is 0.777. The van der Waals surface area contributed by atoms with Crippen molar-refractivity contribution in [1.29, 1.82) is 0 Å². The van der Waals surface area contributed by atoms with Gasteiger partial charge in [0.15, 0.2) is 0 Å². The van der Waals surface area contributed by atoms with E-state index in [2.05, 4.69) is 24.0 Å². The van der Waals surface area contributed by atoms with E-state index in [4.69, 9.17) is 4.74 Å². The summed E-state index contributed by atoms with van der Waals surface area (Å²) in [5, 5.41) is 0. The summed E-state index contributed by atoms with van der Waals surface area (Å²) in [6.45, 7) is 7.46.